The second kappa shape index (κ2) is 7.93. The molecule has 0 saturated heterocycles. The molecule has 0 radical (unpaired) electrons. The van der Waals surface area contributed by atoms with Gasteiger partial charge in [0, 0.05) is 9.83 Å². The van der Waals surface area contributed by atoms with Crippen LogP contribution >= 0.6 is 11.8 Å². The monoisotopic (exact) mass is 370 g/mol. The van der Waals surface area contributed by atoms with Crippen molar-refractivity contribution in [2.75, 3.05) is 21.2 Å². The van der Waals surface area contributed by atoms with Crippen LogP contribution in [0.4, 0.5) is 0 Å². The molecule has 0 fully saturated rings. The maximum Gasteiger partial charge on any atom is 0.247 e. The van der Waals surface area contributed by atoms with Crippen LogP contribution in [0.15, 0.2) is 60.7 Å². The summed E-state index contributed by atoms with van der Waals surface area (Å²) in [6.07, 6.45) is 2.02. The molecule has 6 heteroatoms. The summed E-state index contributed by atoms with van der Waals surface area (Å²) in [4.78, 5) is 14.8. The zero-order chi connectivity index (χ0) is 18.7. The van der Waals surface area contributed by atoms with Gasteiger partial charge in [-0.05, 0) is 43.4 Å². The zero-order valence-electron chi connectivity index (χ0n) is 15.0. The molecule has 0 aliphatic carbocycles. The van der Waals surface area contributed by atoms with Gasteiger partial charge in [-0.3, -0.25) is 15.0 Å². The van der Waals surface area contributed by atoms with Crippen LogP contribution in [0.1, 0.15) is 16.4 Å². The Morgan fingerprint density at radius 3 is 2.27 bits per heavy atom. The summed E-state index contributed by atoms with van der Waals surface area (Å²) >= 11 is 1.56. The van der Waals surface area contributed by atoms with Crippen LogP contribution in [0.3, 0.4) is 0 Å². The highest BCUT2D eigenvalue weighted by Crippen LogP contribution is 2.48. The van der Waals surface area contributed by atoms with Crippen LogP contribution in [-0.4, -0.2) is 43.1 Å². The van der Waals surface area contributed by atoms with Crippen molar-refractivity contribution < 1.29 is 9.66 Å². The van der Waals surface area contributed by atoms with Crippen molar-refractivity contribution >= 4 is 16.7 Å². The molecule has 0 amide bonds. The summed E-state index contributed by atoms with van der Waals surface area (Å²) in [7, 11) is 5.39. The van der Waals surface area contributed by atoms with E-state index in [0.29, 0.717) is 0 Å². The number of hydrogen-bond acceptors (Lipinski definition) is 5. The van der Waals surface area contributed by atoms with Gasteiger partial charge in [0.25, 0.3) is 0 Å². The van der Waals surface area contributed by atoms with E-state index in [9.17, 15) is 10.1 Å². The Labute approximate surface area is 157 Å². The smallest absolute Gasteiger partial charge is 0.247 e. The normalized spacial score (nSPS) is 22.8. The van der Waals surface area contributed by atoms with Crippen molar-refractivity contribution in [3.8, 4) is 5.75 Å². The first-order chi connectivity index (χ1) is 12.5. The maximum atomic E-state index is 11.9. The standard InChI is InChI=1S/C20H22N2O3S/c1-21(2)17-13-18(14-7-5-4-6-8-14)26-20(19(17)22(23)24)15-9-11-16(25-3)12-10-15/h4-13,17,19-20H,1-3H3/t17-,19+,20-/m1/s1. The molecule has 0 saturated carbocycles. The molecule has 0 spiro atoms. The number of hydrogen-bond donors (Lipinski definition) is 0. The summed E-state index contributed by atoms with van der Waals surface area (Å²) in [6.45, 7) is 0. The van der Waals surface area contributed by atoms with Crippen LogP contribution in [0.2, 0.25) is 0 Å². The first-order valence-electron chi connectivity index (χ1n) is 8.39. The van der Waals surface area contributed by atoms with Crippen molar-refractivity contribution in [3.05, 3.63) is 81.9 Å². The summed E-state index contributed by atoms with van der Waals surface area (Å²) < 4.78 is 5.22. The summed E-state index contributed by atoms with van der Waals surface area (Å²) in [6, 6.07) is 16.6. The van der Waals surface area contributed by atoms with E-state index < -0.39 is 6.04 Å². The Bertz CT molecular complexity index is 790. The summed E-state index contributed by atoms with van der Waals surface area (Å²) in [5.41, 5.74) is 2.02. The molecule has 0 aromatic heterocycles. The lowest BCUT2D eigenvalue weighted by molar-refractivity contribution is -0.528. The number of benzene rings is 2. The molecular weight excluding hydrogens is 348 g/mol. The fraction of sp³-hybridized carbons (Fsp3) is 0.300. The zero-order valence-corrected chi connectivity index (χ0v) is 15.8. The minimum atomic E-state index is -0.726. The van der Waals surface area contributed by atoms with Crippen LogP contribution in [0, 0.1) is 10.1 Å². The number of likely N-dealkylation sites (N-methyl/N-ethyl adjacent to an activating group) is 1. The molecule has 2 aromatic rings. The van der Waals surface area contributed by atoms with Gasteiger partial charge in [-0.1, -0.05) is 42.5 Å². The molecule has 0 unspecified atom stereocenters. The van der Waals surface area contributed by atoms with Gasteiger partial charge in [0.1, 0.15) is 11.0 Å². The predicted octanol–water partition coefficient (Wildman–Crippen LogP) is 4.10. The Hall–Kier alpha value is -2.31. The summed E-state index contributed by atoms with van der Waals surface area (Å²) in [5, 5.41) is 11.7. The Balaban J connectivity index is 2.05. The molecule has 2 aromatic carbocycles. The Kier molecular flexibility index (Phi) is 5.64. The Morgan fingerprint density at radius 1 is 1.08 bits per heavy atom. The molecule has 26 heavy (non-hydrogen) atoms. The van der Waals surface area contributed by atoms with Gasteiger partial charge in [0.2, 0.25) is 6.04 Å². The number of nitro groups is 1. The van der Waals surface area contributed by atoms with Crippen LogP contribution < -0.4 is 4.74 Å². The average Bonchev–Trinajstić information content (AvgIpc) is 2.67. The van der Waals surface area contributed by atoms with Crippen molar-refractivity contribution in [1.82, 2.24) is 4.90 Å². The van der Waals surface area contributed by atoms with Gasteiger partial charge in [0.15, 0.2) is 0 Å². The maximum absolute atomic E-state index is 11.9. The van der Waals surface area contributed by atoms with Gasteiger partial charge in [-0.25, -0.2) is 0 Å². The van der Waals surface area contributed by atoms with Gasteiger partial charge >= 0.3 is 0 Å². The number of rotatable bonds is 5. The van der Waals surface area contributed by atoms with E-state index in [0.717, 1.165) is 21.8 Å². The third-order valence-corrected chi connectivity index (χ3v) is 6.01. The van der Waals surface area contributed by atoms with Crippen LogP contribution in [-0.2, 0) is 0 Å². The molecule has 1 heterocycles. The van der Waals surface area contributed by atoms with Crippen molar-refractivity contribution in [1.29, 1.82) is 0 Å². The van der Waals surface area contributed by atoms with Crippen molar-refractivity contribution in [3.63, 3.8) is 0 Å². The SMILES string of the molecule is COc1ccc([C@H]2SC(c3ccccc3)=C[C@@H](N(C)C)[C@@H]2[N+](=O)[O-])cc1. The van der Waals surface area contributed by atoms with E-state index in [1.54, 1.807) is 18.9 Å². The highest BCUT2D eigenvalue weighted by atomic mass is 32.2. The van der Waals surface area contributed by atoms with E-state index in [-0.39, 0.29) is 16.2 Å². The Morgan fingerprint density at radius 2 is 1.73 bits per heavy atom. The third-order valence-electron chi connectivity index (χ3n) is 4.58. The van der Waals surface area contributed by atoms with Crippen LogP contribution in [0.25, 0.3) is 4.91 Å². The highest BCUT2D eigenvalue weighted by Gasteiger charge is 2.44. The molecule has 1 aliphatic heterocycles. The molecule has 5 nitrogen and oxygen atoms in total. The minimum absolute atomic E-state index is 0.148. The second-order valence-corrected chi connectivity index (χ2v) is 7.62. The van der Waals surface area contributed by atoms with E-state index in [4.69, 9.17) is 4.74 Å². The largest absolute Gasteiger partial charge is 0.497 e. The number of ether oxygens (including phenoxy) is 1. The third kappa shape index (κ3) is 3.76. The quantitative estimate of drug-likeness (QED) is 0.586. The number of methoxy groups -OCH3 is 1. The molecule has 3 rings (SSSR count). The van der Waals surface area contributed by atoms with E-state index >= 15 is 0 Å². The summed E-state index contributed by atoms with van der Waals surface area (Å²) in [5.74, 6) is 0.746. The fourth-order valence-electron chi connectivity index (χ4n) is 3.19. The molecular formula is C20H22N2O3S. The van der Waals surface area contributed by atoms with E-state index in [1.807, 2.05) is 79.7 Å². The van der Waals surface area contributed by atoms with Crippen molar-refractivity contribution in [2.45, 2.75) is 17.3 Å². The molecule has 1 aliphatic rings. The average molecular weight is 370 g/mol. The topological polar surface area (TPSA) is 55.6 Å². The van der Waals surface area contributed by atoms with E-state index in [1.165, 1.54) is 0 Å². The predicted molar refractivity (Wildman–Crippen MR) is 106 cm³/mol. The first kappa shape index (κ1) is 18.5. The molecule has 0 N–H and O–H groups in total. The van der Waals surface area contributed by atoms with Crippen LogP contribution in [0.5, 0.6) is 5.75 Å². The number of thioether (sulfide) groups is 1. The molecule has 3 atom stereocenters. The highest BCUT2D eigenvalue weighted by molar-refractivity contribution is 8.08. The van der Waals surface area contributed by atoms with Gasteiger partial charge in [-0.2, -0.15) is 0 Å². The lowest BCUT2D eigenvalue weighted by Gasteiger charge is -2.34. The van der Waals surface area contributed by atoms with Gasteiger partial charge in [0.05, 0.1) is 13.2 Å². The van der Waals surface area contributed by atoms with Gasteiger partial charge in [-0.15, -0.1) is 11.8 Å². The first-order valence-corrected chi connectivity index (χ1v) is 9.27. The second-order valence-electron chi connectivity index (χ2n) is 6.44. The molecule has 136 valence electrons. The lowest BCUT2D eigenvalue weighted by Crippen LogP contribution is -2.46. The van der Waals surface area contributed by atoms with Gasteiger partial charge < -0.3 is 4.74 Å². The molecule has 0 bridgehead atoms. The van der Waals surface area contributed by atoms with Crippen molar-refractivity contribution in [2.24, 2.45) is 0 Å². The minimum Gasteiger partial charge on any atom is -0.497 e. The fourth-order valence-corrected chi connectivity index (χ4v) is 4.65. The number of nitrogens with zero attached hydrogens (tertiary/aromatic N) is 2. The lowest BCUT2D eigenvalue weighted by atomic mass is 9.96. The van der Waals surface area contributed by atoms with E-state index in [2.05, 4.69) is 0 Å².